The van der Waals surface area contributed by atoms with E-state index in [1.807, 2.05) is 106 Å². The Hall–Kier alpha value is -6.65. The molecule has 10 nitrogen and oxygen atoms in total. The number of rotatable bonds is 8. The molecule has 0 spiro atoms. The van der Waals surface area contributed by atoms with Crippen molar-refractivity contribution in [1.82, 2.24) is 25.1 Å². The molecule has 0 fully saturated rings. The molecule has 0 radical (unpaired) electrons. The van der Waals surface area contributed by atoms with Crippen molar-refractivity contribution in [3.8, 4) is 61.9 Å². The Bertz CT molecular complexity index is 2340. The quantitative estimate of drug-likeness (QED) is 0.125. The smallest absolute Gasteiger partial charge is 0.410 e. The second-order valence-electron chi connectivity index (χ2n) is 12.3. The number of H-pyrrole nitrogens is 1. The maximum absolute atomic E-state index is 13.1. The predicted octanol–water partition coefficient (Wildman–Crippen LogP) is 8.54. The summed E-state index contributed by atoms with van der Waals surface area (Å²) in [6.07, 6.45) is 4.58. The molecule has 4 heterocycles. The number of carbonyl (C=O) groups is 1. The molecule has 7 rings (SSSR count). The lowest BCUT2D eigenvalue weighted by atomic mass is 9.97. The van der Waals surface area contributed by atoms with Crippen LogP contribution < -0.4 is 15.8 Å². The molecule has 0 saturated heterocycles. The lowest BCUT2D eigenvalue weighted by Gasteiger charge is -2.16. The second kappa shape index (κ2) is 14.1. The van der Waals surface area contributed by atoms with Crippen LogP contribution >= 0.6 is 0 Å². The predicted molar refractivity (Wildman–Crippen MR) is 200 cm³/mol. The summed E-state index contributed by atoms with van der Waals surface area (Å²) in [7, 11) is 0. The van der Waals surface area contributed by atoms with Crippen LogP contribution in [0.2, 0.25) is 0 Å². The molecule has 0 aliphatic carbocycles. The number of nitrogens with one attached hydrogen (secondary N) is 2. The molecule has 5 N–H and O–H groups in total. The van der Waals surface area contributed by atoms with Gasteiger partial charge in [0.2, 0.25) is 0 Å². The zero-order valence-electron chi connectivity index (χ0n) is 28.3. The van der Waals surface area contributed by atoms with Crippen LogP contribution in [0.5, 0.6) is 5.75 Å². The van der Waals surface area contributed by atoms with E-state index in [0.29, 0.717) is 34.2 Å². The number of ether oxygens (including phenoxy) is 1. The van der Waals surface area contributed by atoms with E-state index in [0.717, 1.165) is 61.5 Å². The Balaban J connectivity index is 1.25. The van der Waals surface area contributed by atoms with Crippen molar-refractivity contribution < 1.29 is 14.6 Å². The fraction of sp³-hybridized carbons (Fsp3) is 0.0976. The van der Waals surface area contributed by atoms with Crippen LogP contribution in [0.25, 0.3) is 56.2 Å². The number of aromatic nitrogens is 5. The van der Waals surface area contributed by atoms with Gasteiger partial charge in [-0.2, -0.15) is 5.10 Å². The van der Waals surface area contributed by atoms with Crippen LogP contribution in [0.1, 0.15) is 22.4 Å². The van der Waals surface area contributed by atoms with Crippen molar-refractivity contribution in [1.29, 1.82) is 0 Å². The first-order valence-electron chi connectivity index (χ1n) is 16.4. The van der Waals surface area contributed by atoms with Crippen LogP contribution in [-0.4, -0.2) is 36.3 Å². The van der Waals surface area contributed by atoms with E-state index < -0.39 is 6.09 Å². The van der Waals surface area contributed by atoms with Gasteiger partial charge in [-0.15, -0.1) is 0 Å². The van der Waals surface area contributed by atoms with Crippen molar-refractivity contribution in [2.75, 3.05) is 11.1 Å². The van der Waals surface area contributed by atoms with Gasteiger partial charge >= 0.3 is 6.09 Å². The number of benzene rings is 3. The molecule has 0 aliphatic rings. The van der Waals surface area contributed by atoms with Crippen LogP contribution in [0, 0.1) is 20.8 Å². The highest BCUT2D eigenvalue weighted by Crippen LogP contribution is 2.36. The van der Waals surface area contributed by atoms with Gasteiger partial charge in [0.15, 0.2) is 0 Å². The number of pyridine rings is 3. The first-order valence-corrected chi connectivity index (χ1v) is 16.4. The minimum atomic E-state index is -0.633. The van der Waals surface area contributed by atoms with Crippen molar-refractivity contribution in [2.24, 2.45) is 0 Å². The third-order valence-corrected chi connectivity index (χ3v) is 8.61. The highest BCUT2D eigenvalue weighted by Gasteiger charge is 2.18. The zero-order valence-corrected chi connectivity index (χ0v) is 28.3. The first kappa shape index (κ1) is 32.9. The molecule has 10 heteroatoms. The summed E-state index contributed by atoms with van der Waals surface area (Å²) in [6.45, 7) is 5.62. The molecule has 0 atom stereocenters. The number of amides is 1. The molecule has 4 aromatic heterocycles. The topological polar surface area (TPSA) is 152 Å². The molecule has 0 bridgehead atoms. The Labute approximate surface area is 295 Å². The minimum absolute atomic E-state index is 0.245. The number of aliphatic hydroxyl groups excluding tert-OH is 1. The molecular weight excluding hydrogens is 638 g/mol. The number of aliphatic hydroxyl groups is 1. The summed E-state index contributed by atoms with van der Waals surface area (Å²) >= 11 is 0. The number of nitrogen functional groups attached to an aromatic ring is 1. The molecular formula is C41H35N7O3. The van der Waals surface area contributed by atoms with Gasteiger partial charge in [-0.1, -0.05) is 72.3 Å². The Kier molecular flexibility index (Phi) is 9.07. The summed E-state index contributed by atoms with van der Waals surface area (Å²) < 4.78 is 5.57. The second-order valence-corrected chi connectivity index (χ2v) is 12.3. The molecule has 0 saturated carbocycles. The highest BCUT2D eigenvalue weighted by atomic mass is 16.6. The molecule has 0 aliphatic heterocycles. The highest BCUT2D eigenvalue weighted by molar-refractivity contribution is 5.93. The number of carbonyl (C=O) groups excluding carboxylic acids is 1. The number of hydrogen-bond acceptors (Lipinski definition) is 8. The minimum Gasteiger partial charge on any atom is -0.410 e. The lowest BCUT2D eigenvalue weighted by Crippen LogP contribution is -2.18. The fourth-order valence-electron chi connectivity index (χ4n) is 6.01. The largest absolute Gasteiger partial charge is 0.417 e. The summed E-state index contributed by atoms with van der Waals surface area (Å²) in [6, 6.07) is 30.6. The van der Waals surface area contributed by atoms with Gasteiger partial charge in [0.05, 0.1) is 52.6 Å². The van der Waals surface area contributed by atoms with Crippen molar-refractivity contribution >= 4 is 17.5 Å². The number of nitrogens with zero attached hydrogens (tertiary/aromatic N) is 4. The number of nitrogens with two attached hydrogens (primary N) is 1. The molecule has 0 unspecified atom stereocenters. The maximum atomic E-state index is 13.1. The van der Waals surface area contributed by atoms with E-state index in [4.69, 9.17) is 20.4 Å². The van der Waals surface area contributed by atoms with Crippen LogP contribution in [0.4, 0.5) is 16.2 Å². The third kappa shape index (κ3) is 6.94. The molecule has 3 aromatic carbocycles. The summed E-state index contributed by atoms with van der Waals surface area (Å²) in [4.78, 5) is 27.7. The van der Waals surface area contributed by atoms with E-state index in [9.17, 15) is 9.90 Å². The van der Waals surface area contributed by atoms with E-state index in [-0.39, 0.29) is 6.61 Å². The van der Waals surface area contributed by atoms with Gasteiger partial charge in [-0.25, -0.2) is 14.8 Å². The Morgan fingerprint density at radius 3 is 2.12 bits per heavy atom. The average Bonchev–Trinajstić information content (AvgIpc) is 3.68. The number of aromatic amines is 1. The average molecular weight is 674 g/mol. The van der Waals surface area contributed by atoms with Crippen LogP contribution in [0.3, 0.4) is 0 Å². The van der Waals surface area contributed by atoms with E-state index in [2.05, 4.69) is 20.5 Å². The van der Waals surface area contributed by atoms with E-state index in [1.165, 1.54) is 0 Å². The van der Waals surface area contributed by atoms with E-state index >= 15 is 0 Å². The monoisotopic (exact) mass is 673 g/mol. The van der Waals surface area contributed by atoms with Crippen molar-refractivity contribution in [3.63, 3.8) is 0 Å². The third-order valence-electron chi connectivity index (χ3n) is 8.61. The van der Waals surface area contributed by atoms with Crippen LogP contribution in [-0.2, 0) is 6.61 Å². The van der Waals surface area contributed by atoms with Gasteiger partial charge in [-0.3, -0.25) is 15.4 Å². The zero-order chi connectivity index (χ0) is 35.5. The molecule has 7 aromatic rings. The van der Waals surface area contributed by atoms with Gasteiger partial charge in [-0.05, 0) is 67.8 Å². The fourth-order valence-corrected chi connectivity index (χ4v) is 6.01. The van der Waals surface area contributed by atoms with Gasteiger partial charge in [0, 0.05) is 40.2 Å². The van der Waals surface area contributed by atoms with Crippen molar-refractivity contribution in [3.05, 3.63) is 138 Å². The molecule has 252 valence electrons. The summed E-state index contributed by atoms with van der Waals surface area (Å²) in [5.74, 6) is 0.430. The lowest BCUT2D eigenvalue weighted by molar-refractivity contribution is 0.215. The molecule has 51 heavy (non-hydrogen) atoms. The standard InChI is InChI=1S/C41H35N7O3/c1-24-9-15-32(16-10-24)51-41(50)46-35-18-26(3)38(31-21-44-45-22-31)48-40(35)29-13-11-27(12-14-29)33-19-30(20-43-36(33)23-49)37-25(2)17-34(42)39(47-37)28-7-5-4-6-8-28/h4-22,49H,23,42H2,1-3H3,(H,44,45)(H,46,50). The van der Waals surface area contributed by atoms with Crippen LogP contribution in [0.15, 0.2) is 116 Å². The van der Waals surface area contributed by atoms with Gasteiger partial charge in [0.25, 0.3) is 0 Å². The van der Waals surface area contributed by atoms with Crippen molar-refractivity contribution in [2.45, 2.75) is 27.4 Å². The number of aryl methyl sites for hydroxylation is 3. The summed E-state index contributed by atoms with van der Waals surface area (Å²) in [5.41, 5.74) is 18.4. The van der Waals surface area contributed by atoms with Gasteiger partial charge < -0.3 is 15.6 Å². The number of hydrogen-bond donors (Lipinski definition) is 4. The summed E-state index contributed by atoms with van der Waals surface area (Å²) in [5, 5.41) is 20.1. The van der Waals surface area contributed by atoms with E-state index in [1.54, 1.807) is 30.7 Å². The van der Waals surface area contributed by atoms with Gasteiger partial charge in [0.1, 0.15) is 5.75 Å². The first-order chi connectivity index (χ1) is 24.8. The Morgan fingerprint density at radius 2 is 1.41 bits per heavy atom. The Morgan fingerprint density at radius 1 is 0.745 bits per heavy atom. The number of anilines is 2. The SMILES string of the molecule is Cc1ccc(OC(=O)Nc2cc(C)c(-c3cn[nH]c3)nc2-c2ccc(-c3cc(-c4nc(-c5ccccc5)c(N)cc4C)cnc3CO)cc2)cc1. The molecule has 1 amide bonds. The normalized spacial score (nSPS) is 11.0. The maximum Gasteiger partial charge on any atom is 0.417 e.